The van der Waals surface area contributed by atoms with Crippen LogP contribution < -0.4 is 14.4 Å². The van der Waals surface area contributed by atoms with Crippen molar-refractivity contribution in [1.82, 2.24) is 19.7 Å². The summed E-state index contributed by atoms with van der Waals surface area (Å²) in [5, 5.41) is 9.88. The molecule has 208 valence electrons. The summed E-state index contributed by atoms with van der Waals surface area (Å²) in [5.41, 5.74) is 3.25. The summed E-state index contributed by atoms with van der Waals surface area (Å²) < 4.78 is 13.0. The number of amides is 1. The van der Waals surface area contributed by atoms with Crippen molar-refractivity contribution >= 4 is 23.4 Å². The molecule has 0 unspecified atom stereocenters. The largest absolute Gasteiger partial charge is 0.497 e. The summed E-state index contributed by atoms with van der Waals surface area (Å²) >= 11 is 1.64. The summed E-state index contributed by atoms with van der Waals surface area (Å²) in [6.45, 7) is 3.05. The predicted molar refractivity (Wildman–Crippen MR) is 159 cm³/mol. The van der Waals surface area contributed by atoms with Crippen LogP contribution in [0, 0.1) is 0 Å². The first-order valence-electron chi connectivity index (χ1n) is 13.6. The first-order chi connectivity index (χ1) is 19.7. The van der Waals surface area contributed by atoms with Gasteiger partial charge in [-0.15, -0.1) is 10.2 Å². The second-order valence-corrected chi connectivity index (χ2v) is 10.6. The van der Waals surface area contributed by atoms with Crippen molar-refractivity contribution in [3.63, 3.8) is 0 Å². The van der Waals surface area contributed by atoms with Crippen LogP contribution in [0.25, 0.3) is 5.69 Å². The van der Waals surface area contributed by atoms with E-state index in [9.17, 15) is 4.79 Å². The lowest BCUT2D eigenvalue weighted by atomic mass is 10.1. The number of ether oxygens (including phenoxy) is 2. The Bertz CT molecular complexity index is 1390. The Balaban J connectivity index is 1.17. The Morgan fingerprint density at radius 2 is 1.57 bits per heavy atom. The number of carbonyl (C=O) groups excluding carboxylic acids is 1. The molecule has 1 aromatic heterocycles. The third-order valence-electron chi connectivity index (χ3n) is 7.06. The molecule has 1 aliphatic rings. The number of para-hydroxylation sites is 2. The minimum Gasteiger partial charge on any atom is -0.497 e. The molecule has 40 heavy (non-hydrogen) atoms. The van der Waals surface area contributed by atoms with E-state index in [-0.39, 0.29) is 5.91 Å². The maximum absolute atomic E-state index is 13.0. The Morgan fingerprint density at radius 3 is 2.30 bits per heavy atom. The molecule has 1 fully saturated rings. The fourth-order valence-corrected chi connectivity index (χ4v) is 5.82. The van der Waals surface area contributed by atoms with Crippen molar-refractivity contribution in [3.05, 3.63) is 90.3 Å². The van der Waals surface area contributed by atoms with Crippen LogP contribution in [0.5, 0.6) is 11.5 Å². The summed E-state index contributed by atoms with van der Waals surface area (Å²) in [4.78, 5) is 17.2. The third kappa shape index (κ3) is 6.59. The van der Waals surface area contributed by atoms with Crippen LogP contribution in [0.1, 0.15) is 24.2 Å². The molecule has 0 radical (unpaired) electrons. The van der Waals surface area contributed by atoms with E-state index in [0.717, 1.165) is 72.2 Å². The zero-order chi connectivity index (χ0) is 27.7. The molecule has 1 aliphatic heterocycles. The predicted octanol–water partition coefficient (Wildman–Crippen LogP) is 5.10. The zero-order valence-electron chi connectivity index (χ0n) is 23.0. The van der Waals surface area contributed by atoms with E-state index in [4.69, 9.17) is 9.47 Å². The van der Waals surface area contributed by atoms with E-state index in [2.05, 4.69) is 37.9 Å². The number of anilines is 1. The van der Waals surface area contributed by atoms with Crippen molar-refractivity contribution in [2.24, 2.45) is 0 Å². The zero-order valence-corrected chi connectivity index (χ0v) is 23.8. The Hall–Kier alpha value is -3.98. The van der Waals surface area contributed by atoms with Gasteiger partial charge in [0.05, 0.1) is 19.9 Å². The van der Waals surface area contributed by atoms with Gasteiger partial charge in [-0.1, -0.05) is 54.2 Å². The van der Waals surface area contributed by atoms with E-state index in [1.807, 2.05) is 65.6 Å². The van der Waals surface area contributed by atoms with Crippen molar-refractivity contribution in [1.29, 1.82) is 0 Å². The van der Waals surface area contributed by atoms with Gasteiger partial charge in [0, 0.05) is 50.5 Å². The summed E-state index contributed by atoms with van der Waals surface area (Å²) in [6.07, 6.45) is 1.98. The number of hydrogen-bond donors (Lipinski definition) is 0. The van der Waals surface area contributed by atoms with Crippen LogP contribution in [-0.2, 0) is 11.2 Å². The fraction of sp³-hybridized carbons (Fsp3) is 0.323. The Morgan fingerprint density at radius 1 is 0.850 bits per heavy atom. The minimum atomic E-state index is 0.210. The molecular weight excluding hydrogens is 522 g/mol. The highest BCUT2D eigenvalue weighted by molar-refractivity contribution is 7.99. The van der Waals surface area contributed by atoms with Gasteiger partial charge in [-0.25, -0.2) is 0 Å². The minimum absolute atomic E-state index is 0.210. The third-order valence-corrected chi connectivity index (χ3v) is 8.08. The van der Waals surface area contributed by atoms with Gasteiger partial charge in [-0.05, 0) is 48.4 Å². The van der Waals surface area contributed by atoms with Crippen LogP contribution in [0.3, 0.4) is 0 Å². The molecule has 0 aliphatic carbocycles. The number of hydrogen-bond acceptors (Lipinski definition) is 7. The molecule has 3 aromatic carbocycles. The smallest absolute Gasteiger partial charge is 0.222 e. The van der Waals surface area contributed by atoms with E-state index >= 15 is 0 Å². The average Bonchev–Trinajstić information content (AvgIpc) is 3.41. The number of rotatable bonds is 11. The van der Waals surface area contributed by atoms with Gasteiger partial charge in [0.25, 0.3) is 0 Å². The van der Waals surface area contributed by atoms with Gasteiger partial charge >= 0.3 is 0 Å². The molecule has 8 nitrogen and oxygen atoms in total. The van der Waals surface area contributed by atoms with Crippen molar-refractivity contribution in [3.8, 4) is 17.2 Å². The summed E-state index contributed by atoms with van der Waals surface area (Å²) in [6, 6.07) is 26.3. The van der Waals surface area contributed by atoms with Crippen LogP contribution in [-0.4, -0.2) is 71.7 Å². The number of nitrogens with zero attached hydrogens (tertiary/aromatic N) is 5. The normalized spacial score (nSPS) is 13.3. The van der Waals surface area contributed by atoms with Gasteiger partial charge in [0.1, 0.15) is 17.3 Å². The molecule has 0 spiro atoms. The quantitative estimate of drug-likeness (QED) is 0.188. The highest BCUT2D eigenvalue weighted by atomic mass is 32.2. The number of aromatic nitrogens is 3. The second-order valence-electron chi connectivity index (χ2n) is 9.59. The monoisotopic (exact) mass is 557 g/mol. The Kier molecular flexibility index (Phi) is 9.23. The van der Waals surface area contributed by atoms with Crippen LogP contribution in [0.4, 0.5) is 5.69 Å². The molecule has 0 saturated carbocycles. The second kappa shape index (κ2) is 13.4. The molecule has 0 N–H and O–H groups in total. The lowest BCUT2D eigenvalue weighted by Gasteiger charge is -2.36. The number of carbonyl (C=O) groups is 1. The molecule has 1 saturated heterocycles. The first kappa shape index (κ1) is 27.6. The molecule has 9 heteroatoms. The standard InChI is InChI=1S/C31H35N5O3S/c1-38-26-16-14-25(15-17-26)36-29(23-24-9-4-3-5-10-24)32-33-31(36)40-22-8-13-30(37)35-20-18-34(19-21-35)27-11-6-7-12-28(27)39-2/h3-7,9-12,14-17H,8,13,18-23H2,1-2H3. The van der Waals surface area contributed by atoms with E-state index in [1.165, 1.54) is 5.56 Å². The van der Waals surface area contributed by atoms with Crippen molar-refractivity contribution < 1.29 is 14.3 Å². The Labute approximate surface area is 239 Å². The van der Waals surface area contributed by atoms with E-state index < -0.39 is 0 Å². The topological polar surface area (TPSA) is 72.7 Å². The highest BCUT2D eigenvalue weighted by Gasteiger charge is 2.23. The average molecular weight is 558 g/mol. The van der Waals surface area contributed by atoms with E-state index in [1.54, 1.807) is 26.0 Å². The van der Waals surface area contributed by atoms with Crippen LogP contribution >= 0.6 is 11.8 Å². The van der Waals surface area contributed by atoms with Gasteiger partial charge in [0.2, 0.25) is 5.91 Å². The van der Waals surface area contributed by atoms with Crippen LogP contribution in [0.2, 0.25) is 0 Å². The molecule has 0 bridgehead atoms. The summed E-state index contributed by atoms with van der Waals surface area (Å²) in [5.74, 6) is 3.54. The lowest BCUT2D eigenvalue weighted by Crippen LogP contribution is -2.48. The van der Waals surface area contributed by atoms with Gasteiger partial charge in [-0.3, -0.25) is 9.36 Å². The molecule has 0 atom stereocenters. The SMILES string of the molecule is COc1ccc(-n2c(Cc3ccccc3)nnc2SCCCC(=O)N2CCN(c3ccccc3OC)CC2)cc1. The molecular formula is C31H35N5O3S. The van der Waals surface area contributed by atoms with Crippen molar-refractivity contribution in [2.45, 2.75) is 24.4 Å². The maximum atomic E-state index is 13.0. The van der Waals surface area contributed by atoms with Crippen LogP contribution in [0.15, 0.2) is 84.0 Å². The van der Waals surface area contributed by atoms with Gasteiger partial charge < -0.3 is 19.3 Å². The number of piperazine rings is 1. The van der Waals surface area contributed by atoms with Gasteiger partial charge in [0.15, 0.2) is 5.16 Å². The van der Waals surface area contributed by atoms with E-state index in [0.29, 0.717) is 12.8 Å². The lowest BCUT2D eigenvalue weighted by molar-refractivity contribution is -0.131. The maximum Gasteiger partial charge on any atom is 0.222 e. The van der Waals surface area contributed by atoms with Crippen molar-refractivity contribution in [2.75, 3.05) is 51.1 Å². The summed E-state index contributed by atoms with van der Waals surface area (Å²) in [7, 11) is 3.36. The molecule has 4 aromatic rings. The molecule has 5 rings (SSSR count). The molecule has 2 heterocycles. The number of thioether (sulfide) groups is 1. The molecule has 1 amide bonds. The van der Waals surface area contributed by atoms with Gasteiger partial charge in [-0.2, -0.15) is 0 Å². The number of methoxy groups -OCH3 is 2. The fourth-order valence-electron chi connectivity index (χ4n) is 4.91. The first-order valence-corrected chi connectivity index (χ1v) is 14.6. The number of benzene rings is 3. The highest BCUT2D eigenvalue weighted by Crippen LogP contribution is 2.29.